The number of carbonyl (C=O) groups excluding carboxylic acids is 1. The summed E-state index contributed by atoms with van der Waals surface area (Å²) in [5.74, 6) is 0.410. The molecule has 1 aromatic heterocycles. The zero-order valence-corrected chi connectivity index (χ0v) is 22.6. The Kier molecular flexibility index (Phi) is 7.76. The van der Waals surface area contributed by atoms with Crippen molar-refractivity contribution in [3.63, 3.8) is 0 Å². The quantitative estimate of drug-likeness (QED) is 0.352. The average molecular weight is 543 g/mol. The van der Waals surface area contributed by atoms with Gasteiger partial charge in [-0.3, -0.25) is 4.79 Å². The van der Waals surface area contributed by atoms with Crippen molar-refractivity contribution in [2.24, 2.45) is 5.92 Å². The maximum Gasteiger partial charge on any atom is 0.272 e. The Hall–Kier alpha value is -2.27. The summed E-state index contributed by atoms with van der Waals surface area (Å²) in [5, 5.41) is 9.89. The number of nitrogens with zero attached hydrogens (tertiary/aromatic N) is 2. The molecule has 5 rings (SSSR count). The van der Waals surface area contributed by atoms with Gasteiger partial charge in [0, 0.05) is 21.7 Å². The van der Waals surface area contributed by atoms with Gasteiger partial charge in [0.1, 0.15) is 0 Å². The first kappa shape index (κ1) is 25.4. The molecule has 2 aliphatic carbocycles. The van der Waals surface area contributed by atoms with Gasteiger partial charge in [0.05, 0.1) is 16.4 Å². The van der Waals surface area contributed by atoms with Gasteiger partial charge >= 0.3 is 0 Å². The molecule has 188 valence electrons. The lowest BCUT2D eigenvalue weighted by Gasteiger charge is -2.28. The average Bonchev–Trinajstić information content (AvgIpc) is 3.26. The SMILES string of the molecule is C[C@@H](NC(=O)c1nn(-c2ccc(Cl)cc2Cl)c2c1CCC/C2=C\c1ccc(Cl)cc1)C1CCCCC1. The predicted octanol–water partition coefficient (Wildman–Crippen LogP) is 8.41. The van der Waals surface area contributed by atoms with Gasteiger partial charge in [0.25, 0.3) is 5.91 Å². The fourth-order valence-corrected chi connectivity index (χ4v) is 6.14. The summed E-state index contributed by atoms with van der Waals surface area (Å²) in [6, 6.07) is 13.3. The molecule has 0 bridgehead atoms. The number of carbonyl (C=O) groups is 1. The summed E-state index contributed by atoms with van der Waals surface area (Å²) in [4.78, 5) is 13.6. The van der Waals surface area contributed by atoms with Gasteiger partial charge in [-0.1, -0.05) is 66.2 Å². The van der Waals surface area contributed by atoms with Gasteiger partial charge < -0.3 is 5.32 Å². The number of fused-ring (bicyclic) bond motifs is 1. The first-order valence-corrected chi connectivity index (χ1v) is 13.9. The molecule has 1 saturated carbocycles. The van der Waals surface area contributed by atoms with Crippen LogP contribution in [0.5, 0.6) is 0 Å². The summed E-state index contributed by atoms with van der Waals surface area (Å²) in [5.41, 5.74) is 5.28. The van der Waals surface area contributed by atoms with Crippen LogP contribution < -0.4 is 5.32 Å². The van der Waals surface area contributed by atoms with E-state index in [4.69, 9.17) is 39.9 Å². The predicted molar refractivity (Wildman–Crippen MR) is 149 cm³/mol. The highest BCUT2D eigenvalue weighted by molar-refractivity contribution is 6.35. The van der Waals surface area contributed by atoms with Crippen molar-refractivity contribution in [3.8, 4) is 5.69 Å². The highest BCUT2D eigenvalue weighted by Gasteiger charge is 2.30. The molecule has 0 radical (unpaired) electrons. The highest BCUT2D eigenvalue weighted by atomic mass is 35.5. The molecule has 1 amide bonds. The van der Waals surface area contributed by atoms with Crippen LogP contribution in [0.3, 0.4) is 0 Å². The van der Waals surface area contributed by atoms with Gasteiger partial charge in [0.2, 0.25) is 0 Å². The van der Waals surface area contributed by atoms with Crippen LogP contribution in [0.2, 0.25) is 15.1 Å². The van der Waals surface area contributed by atoms with Crippen molar-refractivity contribution in [2.75, 3.05) is 0 Å². The number of allylic oxidation sites excluding steroid dienone is 1. The summed E-state index contributed by atoms with van der Waals surface area (Å²) in [6.07, 6.45) is 10.9. The molecular formula is C29H30Cl3N3O. The minimum Gasteiger partial charge on any atom is -0.348 e. The molecule has 1 heterocycles. The number of hydrogen-bond acceptors (Lipinski definition) is 2. The molecule has 36 heavy (non-hydrogen) atoms. The number of amides is 1. The van der Waals surface area contributed by atoms with Gasteiger partial charge in [0.15, 0.2) is 5.69 Å². The van der Waals surface area contributed by atoms with E-state index in [0.29, 0.717) is 32.4 Å². The van der Waals surface area contributed by atoms with Gasteiger partial charge in [-0.2, -0.15) is 5.10 Å². The number of benzene rings is 2. The van der Waals surface area contributed by atoms with Crippen LogP contribution in [-0.4, -0.2) is 21.7 Å². The third kappa shape index (κ3) is 5.37. The van der Waals surface area contributed by atoms with Crippen molar-refractivity contribution < 1.29 is 4.79 Å². The van der Waals surface area contributed by atoms with Crippen molar-refractivity contribution in [3.05, 3.63) is 80.0 Å². The zero-order valence-electron chi connectivity index (χ0n) is 20.4. The van der Waals surface area contributed by atoms with E-state index in [1.54, 1.807) is 12.1 Å². The number of hydrogen-bond donors (Lipinski definition) is 1. The zero-order chi connectivity index (χ0) is 25.2. The van der Waals surface area contributed by atoms with E-state index in [-0.39, 0.29) is 11.9 Å². The molecular weight excluding hydrogens is 513 g/mol. The van der Waals surface area contributed by atoms with E-state index in [9.17, 15) is 4.79 Å². The maximum atomic E-state index is 13.6. The van der Waals surface area contributed by atoms with Crippen LogP contribution in [0.4, 0.5) is 0 Å². The molecule has 0 unspecified atom stereocenters. The smallest absolute Gasteiger partial charge is 0.272 e. The number of halogens is 3. The Balaban J connectivity index is 1.57. The molecule has 0 aliphatic heterocycles. The molecule has 1 atom stereocenters. The van der Waals surface area contributed by atoms with Crippen LogP contribution in [0.25, 0.3) is 17.3 Å². The molecule has 2 aliphatic rings. The lowest BCUT2D eigenvalue weighted by atomic mass is 9.84. The normalized spacial score (nSPS) is 18.2. The lowest BCUT2D eigenvalue weighted by Crippen LogP contribution is -2.39. The van der Waals surface area contributed by atoms with E-state index in [1.807, 2.05) is 35.0 Å². The first-order valence-electron chi connectivity index (χ1n) is 12.8. The number of nitrogens with one attached hydrogen (secondary N) is 1. The van der Waals surface area contributed by atoms with Crippen LogP contribution in [0.1, 0.15) is 79.2 Å². The van der Waals surface area contributed by atoms with Gasteiger partial charge in [-0.25, -0.2) is 4.68 Å². The second kappa shape index (κ2) is 11.0. The van der Waals surface area contributed by atoms with Crippen LogP contribution in [0, 0.1) is 5.92 Å². The topological polar surface area (TPSA) is 46.9 Å². The van der Waals surface area contributed by atoms with E-state index in [2.05, 4.69) is 18.3 Å². The molecule has 0 spiro atoms. The highest BCUT2D eigenvalue weighted by Crippen LogP contribution is 2.38. The van der Waals surface area contributed by atoms with Crippen molar-refractivity contribution in [1.29, 1.82) is 0 Å². The van der Waals surface area contributed by atoms with Crippen molar-refractivity contribution >= 4 is 52.4 Å². The van der Waals surface area contributed by atoms with Crippen molar-refractivity contribution in [1.82, 2.24) is 15.1 Å². The van der Waals surface area contributed by atoms with Crippen molar-refractivity contribution in [2.45, 2.75) is 64.3 Å². The summed E-state index contributed by atoms with van der Waals surface area (Å²) >= 11 is 18.9. The molecule has 2 aromatic carbocycles. The molecule has 7 heteroatoms. The number of aromatic nitrogens is 2. The molecule has 1 fully saturated rings. The van der Waals surface area contributed by atoms with Crippen LogP contribution >= 0.6 is 34.8 Å². The minimum atomic E-state index is -0.110. The van der Waals surface area contributed by atoms with E-state index >= 15 is 0 Å². The fourth-order valence-electron chi connectivity index (χ4n) is 5.53. The minimum absolute atomic E-state index is 0.110. The Bertz CT molecular complexity index is 1290. The summed E-state index contributed by atoms with van der Waals surface area (Å²) in [6.45, 7) is 2.12. The second-order valence-electron chi connectivity index (χ2n) is 9.92. The third-order valence-corrected chi connectivity index (χ3v) is 8.23. The standard InChI is InChI=1S/C29H30Cl3N3O/c1-18(20-6-3-2-4-7-20)33-29(36)27-24-9-5-8-21(16-19-10-12-22(30)13-11-19)28(24)35(34-27)26-15-14-23(31)17-25(26)32/h10-18,20H,2-9H2,1H3,(H,33,36)/b21-16+/t18-/m1/s1. The van der Waals surface area contributed by atoms with E-state index in [1.165, 1.54) is 32.1 Å². The molecule has 1 N–H and O–H groups in total. The number of rotatable bonds is 5. The largest absolute Gasteiger partial charge is 0.348 e. The maximum absolute atomic E-state index is 13.6. The monoisotopic (exact) mass is 541 g/mol. The van der Waals surface area contributed by atoms with Crippen LogP contribution in [-0.2, 0) is 6.42 Å². The van der Waals surface area contributed by atoms with Crippen LogP contribution in [0.15, 0.2) is 42.5 Å². The molecule has 3 aromatic rings. The van der Waals surface area contributed by atoms with E-state index in [0.717, 1.165) is 41.7 Å². The van der Waals surface area contributed by atoms with E-state index < -0.39 is 0 Å². The Labute approximate surface area is 227 Å². The summed E-state index contributed by atoms with van der Waals surface area (Å²) < 4.78 is 1.83. The second-order valence-corrected chi connectivity index (χ2v) is 11.2. The Morgan fingerprint density at radius 2 is 1.72 bits per heavy atom. The van der Waals surface area contributed by atoms with Gasteiger partial charge in [-0.15, -0.1) is 0 Å². The Morgan fingerprint density at radius 3 is 2.44 bits per heavy atom. The fraction of sp³-hybridized carbons (Fsp3) is 0.379. The third-order valence-electron chi connectivity index (χ3n) is 7.44. The Morgan fingerprint density at radius 1 is 1.00 bits per heavy atom. The first-order chi connectivity index (χ1) is 17.4. The lowest BCUT2D eigenvalue weighted by molar-refractivity contribution is 0.0912. The molecule has 4 nitrogen and oxygen atoms in total. The van der Waals surface area contributed by atoms with Gasteiger partial charge in [-0.05, 0) is 92.5 Å². The summed E-state index contributed by atoms with van der Waals surface area (Å²) in [7, 11) is 0. The molecule has 0 saturated heterocycles.